The predicted octanol–water partition coefficient (Wildman–Crippen LogP) is 2.21. The van der Waals surface area contributed by atoms with Crippen LogP contribution in [0.15, 0.2) is 16.7 Å². The maximum absolute atomic E-state index is 10.4. The molecule has 0 atom stereocenters. The SMILES string of the molecule is O=C(O)/C=C/c1nc(C2CC2)ncc1Br. The Bertz CT molecular complexity index is 427. The van der Waals surface area contributed by atoms with Crippen LogP contribution in [0, 0.1) is 0 Å². The van der Waals surface area contributed by atoms with Gasteiger partial charge in [-0.25, -0.2) is 14.8 Å². The van der Waals surface area contributed by atoms with Crippen LogP contribution in [0.1, 0.15) is 30.3 Å². The first-order valence-electron chi connectivity index (χ1n) is 4.60. The van der Waals surface area contributed by atoms with E-state index in [4.69, 9.17) is 5.11 Å². The van der Waals surface area contributed by atoms with Crippen LogP contribution in [0.2, 0.25) is 0 Å². The fourth-order valence-corrected chi connectivity index (χ4v) is 1.52. The molecule has 1 N–H and O–H groups in total. The molecule has 1 aromatic heterocycles. The topological polar surface area (TPSA) is 63.1 Å². The largest absolute Gasteiger partial charge is 0.478 e. The summed E-state index contributed by atoms with van der Waals surface area (Å²) in [6, 6.07) is 0. The molecule has 1 heterocycles. The number of hydrogen-bond donors (Lipinski definition) is 1. The van der Waals surface area contributed by atoms with Gasteiger partial charge in [0.05, 0.1) is 10.2 Å². The fraction of sp³-hybridized carbons (Fsp3) is 0.300. The molecule has 1 saturated carbocycles. The summed E-state index contributed by atoms with van der Waals surface area (Å²) in [4.78, 5) is 18.9. The number of halogens is 1. The molecule has 0 radical (unpaired) electrons. The van der Waals surface area contributed by atoms with Gasteiger partial charge in [0.1, 0.15) is 5.82 Å². The van der Waals surface area contributed by atoms with Crippen molar-refractivity contribution in [2.24, 2.45) is 0 Å². The summed E-state index contributed by atoms with van der Waals surface area (Å²) in [6.07, 6.45) is 6.47. The van der Waals surface area contributed by atoms with Crippen LogP contribution in [-0.2, 0) is 4.79 Å². The number of aromatic nitrogens is 2. The Morgan fingerprint density at radius 3 is 2.93 bits per heavy atom. The molecule has 0 unspecified atom stereocenters. The Morgan fingerprint density at radius 2 is 2.33 bits per heavy atom. The Labute approximate surface area is 95.2 Å². The monoisotopic (exact) mass is 268 g/mol. The molecule has 0 aliphatic heterocycles. The number of carbonyl (C=O) groups is 1. The van der Waals surface area contributed by atoms with Gasteiger partial charge in [0.25, 0.3) is 0 Å². The van der Waals surface area contributed by atoms with Crippen molar-refractivity contribution in [1.82, 2.24) is 9.97 Å². The van der Waals surface area contributed by atoms with Crippen molar-refractivity contribution in [2.45, 2.75) is 18.8 Å². The van der Waals surface area contributed by atoms with Crippen LogP contribution < -0.4 is 0 Å². The van der Waals surface area contributed by atoms with E-state index in [-0.39, 0.29) is 0 Å². The third kappa shape index (κ3) is 2.62. The molecule has 0 amide bonds. The zero-order valence-corrected chi connectivity index (χ0v) is 9.44. The summed E-state index contributed by atoms with van der Waals surface area (Å²) in [6.45, 7) is 0. The van der Waals surface area contributed by atoms with Gasteiger partial charge in [-0.3, -0.25) is 0 Å². The normalized spacial score (nSPS) is 15.8. The van der Waals surface area contributed by atoms with Crippen molar-refractivity contribution >= 4 is 28.0 Å². The third-order valence-electron chi connectivity index (χ3n) is 2.12. The van der Waals surface area contributed by atoms with E-state index in [9.17, 15) is 4.79 Å². The van der Waals surface area contributed by atoms with Crippen molar-refractivity contribution in [2.75, 3.05) is 0 Å². The van der Waals surface area contributed by atoms with Gasteiger partial charge < -0.3 is 5.11 Å². The minimum Gasteiger partial charge on any atom is -0.478 e. The van der Waals surface area contributed by atoms with Crippen molar-refractivity contribution < 1.29 is 9.90 Å². The van der Waals surface area contributed by atoms with Gasteiger partial charge in [-0.15, -0.1) is 0 Å². The first-order chi connectivity index (χ1) is 7.16. The van der Waals surface area contributed by atoms with Crippen molar-refractivity contribution in [3.63, 3.8) is 0 Å². The summed E-state index contributed by atoms with van der Waals surface area (Å²) in [5, 5.41) is 8.51. The van der Waals surface area contributed by atoms with E-state index in [1.54, 1.807) is 6.20 Å². The lowest BCUT2D eigenvalue weighted by Gasteiger charge is -2.00. The molecule has 1 fully saturated rings. The molecule has 0 aromatic carbocycles. The van der Waals surface area contributed by atoms with Gasteiger partial charge in [-0.05, 0) is 34.8 Å². The molecule has 0 saturated heterocycles. The average Bonchev–Trinajstić information content (AvgIpc) is 3.00. The van der Waals surface area contributed by atoms with Gasteiger partial charge >= 0.3 is 5.97 Å². The van der Waals surface area contributed by atoms with E-state index in [2.05, 4.69) is 25.9 Å². The third-order valence-corrected chi connectivity index (χ3v) is 2.73. The first-order valence-corrected chi connectivity index (χ1v) is 5.39. The first kappa shape index (κ1) is 10.3. The van der Waals surface area contributed by atoms with E-state index in [1.165, 1.54) is 6.08 Å². The van der Waals surface area contributed by atoms with E-state index in [0.29, 0.717) is 16.1 Å². The lowest BCUT2D eigenvalue weighted by molar-refractivity contribution is -0.131. The van der Waals surface area contributed by atoms with Gasteiger partial charge in [-0.2, -0.15) is 0 Å². The van der Waals surface area contributed by atoms with Gasteiger partial charge in [0.2, 0.25) is 0 Å². The molecule has 0 bridgehead atoms. The van der Waals surface area contributed by atoms with Gasteiger partial charge in [-0.1, -0.05) is 0 Å². The molecule has 0 spiro atoms. The fourth-order valence-electron chi connectivity index (χ4n) is 1.20. The molecular formula is C10H9BrN2O2. The van der Waals surface area contributed by atoms with Crippen LogP contribution in [-0.4, -0.2) is 21.0 Å². The Morgan fingerprint density at radius 1 is 1.60 bits per heavy atom. The summed E-state index contributed by atoms with van der Waals surface area (Å²) < 4.78 is 0.712. The smallest absolute Gasteiger partial charge is 0.328 e. The van der Waals surface area contributed by atoms with Crippen molar-refractivity contribution in [3.8, 4) is 0 Å². The van der Waals surface area contributed by atoms with E-state index < -0.39 is 5.97 Å². The number of carboxylic acid groups (broad SMARTS) is 1. The molecular weight excluding hydrogens is 260 g/mol. The molecule has 1 aliphatic carbocycles. The lowest BCUT2D eigenvalue weighted by Crippen LogP contribution is -1.96. The van der Waals surface area contributed by atoms with E-state index in [0.717, 1.165) is 24.7 Å². The molecule has 15 heavy (non-hydrogen) atoms. The molecule has 1 aliphatic rings. The van der Waals surface area contributed by atoms with Crippen LogP contribution in [0.25, 0.3) is 6.08 Å². The van der Waals surface area contributed by atoms with Gasteiger partial charge in [0.15, 0.2) is 0 Å². The second kappa shape index (κ2) is 4.10. The number of hydrogen-bond acceptors (Lipinski definition) is 3. The van der Waals surface area contributed by atoms with Crippen LogP contribution in [0.3, 0.4) is 0 Å². The molecule has 5 heteroatoms. The Kier molecular flexibility index (Phi) is 2.81. The zero-order valence-electron chi connectivity index (χ0n) is 7.85. The second-order valence-corrected chi connectivity index (χ2v) is 4.26. The Hall–Kier alpha value is -1.23. The highest BCUT2D eigenvalue weighted by Gasteiger charge is 2.26. The predicted molar refractivity (Wildman–Crippen MR) is 58.4 cm³/mol. The minimum atomic E-state index is -0.978. The van der Waals surface area contributed by atoms with Crippen LogP contribution in [0.4, 0.5) is 0 Å². The van der Waals surface area contributed by atoms with E-state index in [1.807, 2.05) is 0 Å². The minimum absolute atomic E-state index is 0.468. The van der Waals surface area contributed by atoms with Crippen LogP contribution in [0.5, 0.6) is 0 Å². The highest BCUT2D eigenvalue weighted by molar-refractivity contribution is 9.10. The summed E-state index contributed by atoms with van der Waals surface area (Å²) >= 11 is 3.28. The maximum atomic E-state index is 10.4. The standard InChI is InChI=1S/C10H9BrN2O2/c11-7-5-12-10(6-1-2-6)13-8(7)3-4-9(14)15/h3-6H,1-2H2,(H,14,15)/b4-3+. The number of nitrogens with zero attached hydrogens (tertiary/aromatic N) is 2. The molecule has 1 aromatic rings. The molecule has 4 nitrogen and oxygen atoms in total. The van der Waals surface area contributed by atoms with Crippen LogP contribution >= 0.6 is 15.9 Å². The zero-order chi connectivity index (χ0) is 10.8. The highest BCUT2D eigenvalue weighted by Crippen LogP contribution is 2.38. The molecule has 2 rings (SSSR count). The number of carboxylic acids is 1. The summed E-state index contributed by atoms with van der Waals surface area (Å²) in [7, 11) is 0. The summed E-state index contributed by atoms with van der Waals surface area (Å²) in [5.74, 6) is 0.298. The maximum Gasteiger partial charge on any atom is 0.328 e. The summed E-state index contributed by atoms with van der Waals surface area (Å²) in [5.41, 5.74) is 0.620. The Balaban J connectivity index is 2.27. The lowest BCUT2D eigenvalue weighted by atomic mass is 10.3. The highest BCUT2D eigenvalue weighted by atomic mass is 79.9. The quantitative estimate of drug-likeness (QED) is 0.854. The van der Waals surface area contributed by atoms with Crippen molar-refractivity contribution in [3.05, 3.63) is 28.3 Å². The molecule has 78 valence electrons. The average molecular weight is 269 g/mol. The number of rotatable bonds is 3. The van der Waals surface area contributed by atoms with E-state index >= 15 is 0 Å². The van der Waals surface area contributed by atoms with Crippen molar-refractivity contribution in [1.29, 1.82) is 0 Å². The number of aliphatic carboxylic acids is 1. The second-order valence-electron chi connectivity index (χ2n) is 3.41. The van der Waals surface area contributed by atoms with Gasteiger partial charge in [0, 0.05) is 18.2 Å².